The molecule has 0 saturated heterocycles. The second-order valence-corrected chi connectivity index (χ2v) is 5.05. The first-order valence-electron chi connectivity index (χ1n) is 4.54. The van der Waals surface area contributed by atoms with Crippen LogP contribution in [0.3, 0.4) is 0 Å². The third kappa shape index (κ3) is 4.30. The summed E-state index contributed by atoms with van der Waals surface area (Å²) in [4.78, 5) is 22.3. The van der Waals surface area contributed by atoms with Crippen molar-refractivity contribution in [1.82, 2.24) is 5.32 Å². The molecule has 0 aliphatic carbocycles. The number of hydrogen-bond donors (Lipinski definition) is 2. The molecule has 0 aliphatic rings. The van der Waals surface area contributed by atoms with E-state index in [0.29, 0.717) is 4.47 Å². The number of carboxylic acids is 1. The predicted octanol–water partition coefficient (Wildman–Crippen LogP) is 2.65. The standard InChI is InChI=1S/C9H7BrF3NO3S/c10-4-1-2-18-6(4)7(15)14-5(8(16)17)3-9(11,12)13/h1-2,5H,3H2,(H,14,15)(H,16,17). The van der Waals surface area contributed by atoms with Gasteiger partial charge in [-0.3, -0.25) is 4.79 Å². The van der Waals surface area contributed by atoms with Crippen LogP contribution in [-0.4, -0.2) is 29.2 Å². The van der Waals surface area contributed by atoms with Gasteiger partial charge in [-0.25, -0.2) is 4.79 Å². The number of alkyl halides is 3. The molecule has 100 valence electrons. The summed E-state index contributed by atoms with van der Waals surface area (Å²) < 4.78 is 36.8. The first-order valence-corrected chi connectivity index (χ1v) is 6.21. The summed E-state index contributed by atoms with van der Waals surface area (Å²) in [6.45, 7) is 0. The van der Waals surface area contributed by atoms with Crippen molar-refractivity contribution in [2.45, 2.75) is 18.6 Å². The molecule has 0 saturated carbocycles. The molecule has 1 amide bonds. The number of carboxylic acid groups (broad SMARTS) is 1. The molecule has 1 heterocycles. The lowest BCUT2D eigenvalue weighted by Crippen LogP contribution is -2.43. The highest BCUT2D eigenvalue weighted by molar-refractivity contribution is 9.10. The van der Waals surface area contributed by atoms with Crippen LogP contribution in [0.1, 0.15) is 16.1 Å². The minimum absolute atomic E-state index is 0.128. The quantitative estimate of drug-likeness (QED) is 0.881. The van der Waals surface area contributed by atoms with Crippen molar-refractivity contribution in [3.8, 4) is 0 Å². The molecule has 0 bridgehead atoms. The lowest BCUT2D eigenvalue weighted by molar-refractivity contribution is -0.157. The maximum atomic E-state index is 12.1. The van der Waals surface area contributed by atoms with Crippen molar-refractivity contribution in [3.05, 3.63) is 20.8 Å². The third-order valence-electron chi connectivity index (χ3n) is 1.86. The van der Waals surface area contributed by atoms with Gasteiger partial charge < -0.3 is 10.4 Å². The lowest BCUT2D eigenvalue weighted by atomic mass is 10.2. The largest absolute Gasteiger partial charge is 0.480 e. The van der Waals surface area contributed by atoms with Gasteiger partial charge in [0.25, 0.3) is 5.91 Å². The van der Waals surface area contributed by atoms with Gasteiger partial charge in [0, 0.05) is 4.47 Å². The summed E-state index contributed by atoms with van der Waals surface area (Å²) in [5.41, 5.74) is 0. The number of carbonyl (C=O) groups is 2. The van der Waals surface area contributed by atoms with Gasteiger partial charge in [0.2, 0.25) is 0 Å². The van der Waals surface area contributed by atoms with Crippen LogP contribution < -0.4 is 5.32 Å². The molecule has 0 aromatic carbocycles. The Bertz CT molecular complexity index is 460. The van der Waals surface area contributed by atoms with E-state index in [1.807, 2.05) is 5.32 Å². The second kappa shape index (κ2) is 5.70. The SMILES string of the molecule is O=C(NC(CC(F)(F)F)C(=O)O)c1sccc1Br. The molecule has 0 fully saturated rings. The predicted molar refractivity (Wildman–Crippen MR) is 61.6 cm³/mol. The smallest absolute Gasteiger partial charge is 0.391 e. The second-order valence-electron chi connectivity index (χ2n) is 3.28. The normalized spacial score (nSPS) is 13.1. The van der Waals surface area contributed by atoms with Crippen molar-refractivity contribution in [3.63, 3.8) is 0 Å². The number of halogens is 4. The zero-order valence-corrected chi connectivity index (χ0v) is 11.0. The number of amides is 1. The Labute approximate surface area is 112 Å². The van der Waals surface area contributed by atoms with Crippen LogP contribution in [0.4, 0.5) is 13.2 Å². The fourth-order valence-corrected chi connectivity index (χ4v) is 2.57. The average Bonchev–Trinajstić information content (AvgIpc) is 2.61. The molecule has 1 rings (SSSR count). The van der Waals surface area contributed by atoms with Crippen molar-refractivity contribution in [1.29, 1.82) is 0 Å². The molecule has 1 atom stereocenters. The number of aliphatic carboxylic acids is 1. The Kier molecular flexibility index (Phi) is 4.74. The summed E-state index contributed by atoms with van der Waals surface area (Å²) in [6.07, 6.45) is -6.28. The summed E-state index contributed by atoms with van der Waals surface area (Å²) in [6, 6.07) is -0.453. The Hall–Kier alpha value is -1.09. The minimum atomic E-state index is -4.66. The Morgan fingerprint density at radius 3 is 2.50 bits per heavy atom. The van der Waals surface area contributed by atoms with Gasteiger partial charge in [-0.15, -0.1) is 11.3 Å². The van der Waals surface area contributed by atoms with Crippen LogP contribution >= 0.6 is 27.3 Å². The van der Waals surface area contributed by atoms with Crippen molar-refractivity contribution in [2.75, 3.05) is 0 Å². The van der Waals surface area contributed by atoms with Crippen molar-refractivity contribution in [2.24, 2.45) is 0 Å². The summed E-state index contributed by atoms with van der Waals surface area (Å²) in [7, 11) is 0. The van der Waals surface area contributed by atoms with Crippen LogP contribution in [0, 0.1) is 0 Å². The lowest BCUT2D eigenvalue weighted by Gasteiger charge is -2.15. The molecule has 0 spiro atoms. The molecule has 0 aliphatic heterocycles. The van der Waals surface area contributed by atoms with E-state index in [-0.39, 0.29) is 4.88 Å². The summed E-state index contributed by atoms with van der Waals surface area (Å²) in [5.74, 6) is -2.58. The van der Waals surface area contributed by atoms with Gasteiger partial charge in [0.15, 0.2) is 0 Å². The molecule has 4 nitrogen and oxygen atoms in total. The molecule has 1 aromatic heterocycles. The number of hydrogen-bond acceptors (Lipinski definition) is 3. The zero-order chi connectivity index (χ0) is 13.9. The highest BCUT2D eigenvalue weighted by atomic mass is 79.9. The van der Waals surface area contributed by atoms with Crippen LogP contribution in [0.5, 0.6) is 0 Å². The van der Waals surface area contributed by atoms with E-state index in [9.17, 15) is 22.8 Å². The molecule has 18 heavy (non-hydrogen) atoms. The van der Waals surface area contributed by atoms with Gasteiger partial charge in [0.1, 0.15) is 10.9 Å². The minimum Gasteiger partial charge on any atom is -0.480 e. The number of thiophene rings is 1. The van der Waals surface area contributed by atoms with Gasteiger partial charge in [-0.1, -0.05) is 0 Å². The average molecular weight is 346 g/mol. The van der Waals surface area contributed by atoms with Crippen LogP contribution in [0.25, 0.3) is 0 Å². The molecule has 9 heteroatoms. The third-order valence-corrected chi connectivity index (χ3v) is 3.70. The van der Waals surface area contributed by atoms with Crippen LogP contribution in [-0.2, 0) is 4.79 Å². The van der Waals surface area contributed by atoms with E-state index in [2.05, 4.69) is 15.9 Å². The maximum Gasteiger partial charge on any atom is 0.391 e. The van der Waals surface area contributed by atoms with E-state index in [0.717, 1.165) is 11.3 Å². The fraction of sp³-hybridized carbons (Fsp3) is 0.333. The van der Waals surface area contributed by atoms with Crippen LogP contribution in [0.15, 0.2) is 15.9 Å². The first-order chi connectivity index (χ1) is 8.20. The van der Waals surface area contributed by atoms with Gasteiger partial charge in [0.05, 0.1) is 6.42 Å². The number of nitrogens with one attached hydrogen (secondary N) is 1. The van der Waals surface area contributed by atoms with E-state index in [1.165, 1.54) is 0 Å². The van der Waals surface area contributed by atoms with E-state index in [1.54, 1.807) is 11.4 Å². The van der Waals surface area contributed by atoms with Gasteiger partial charge in [-0.05, 0) is 27.4 Å². The van der Waals surface area contributed by atoms with Crippen molar-refractivity contribution < 1.29 is 27.9 Å². The topological polar surface area (TPSA) is 66.4 Å². The first kappa shape index (κ1) is 15.0. The summed E-state index contributed by atoms with van der Waals surface area (Å²) >= 11 is 4.03. The molecule has 2 N–H and O–H groups in total. The monoisotopic (exact) mass is 345 g/mol. The zero-order valence-electron chi connectivity index (χ0n) is 8.62. The molecule has 1 unspecified atom stereocenters. The van der Waals surface area contributed by atoms with Crippen LogP contribution in [0.2, 0.25) is 0 Å². The van der Waals surface area contributed by atoms with Gasteiger partial charge >= 0.3 is 12.1 Å². The van der Waals surface area contributed by atoms with E-state index in [4.69, 9.17) is 5.11 Å². The Morgan fingerprint density at radius 2 is 2.11 bits per heavy atom. The fourth-order valence-electron chi connectivity index (χ4n) is 1.11. The highest BCUT2D eigenvalue weighted by Gasteiger charge is 2.36. The molecule has 1 aromatic rings. The van der Waals surface area contributed by atoms with Crippen molar-refractivity contribution >= 4 is 39.1 Å². The highest BCUT2D eigenvalue weighted by Crippen LogP contribution is 2.24. The van der Waals surface area contributed by atoms with E-state index >= 15 is 0 Å². The van der Waals surface area contributed by atoms with E-state index < -0.39 is 30.5 Å². The molecule has 0 radical (unpaired) electrons. The van der Waals surface area contributed by atoms with Gasteiger partial charge in [-0.2, -0.15) is 13.2 Å². The number of carbonyl (C=O) groups excluding carboxylic acids is 1. The molecular formula is C9H7BrF3NO3S. The summed E-state index contributed by atoms with van der Waals surface area (Å²) in [5, 5.41) is 12.0. The maximum absolute atomic E-state index is 12.1. The Balaban J connectivity index is 2.76. The Morgan fingerprint density at radius 1 is 1.50 bits per heavy atom. The number of rotatable bonds is 4. The molecular weight excluding hydrogens is 339 g/mol.